The van der Waals surface area contributed by atoms with E-state index in [1.807, 2.05) is 20.0 Å². The van der Waals surface area contributed by atoms with E-state index in [0.717, 1.165) is 38.6 Å². The number of nitrogens with one attached hydrogen (secondary N) is 1. The van der Waals surface area contributed by atoms with Crippen molar-refractivity contribution in [3.8, 4) is 0 Å². The highest BCUT2D eigenvalue weighted by Gasteiger charge is 2.22. The SMILES string of the molecule is CC.CCC/C(CCNCN)=C1/c2ccc(C)cc2CCc2cccnc21. The minimum atomic E-state index is 0.527. The van der Waals surface area contributed by atoms with E-state index in [-0.39, 0.29) is 0 Å². The fraction of sp³-hybridized carbons (Fsp3) is 0.458. The molecule has 1 heterocycles. The first-order chi connectivity index (χ1) is 13.2. The molecule has 3 N–H and O–H groups in total. The molecule has 0 bridgehead atoms. The lowest BCUT2D eigenvalue weighted by molar-refractivity contribution is 0.682. The van der Waals surface area contributed by atoms with Gasteiger partial charge in [0, 0.05) is 25.0 Å². The Morgan fingerprint density at radius 3 is 2.63 bits per heavy atom. The molecule has 1 aliphatic rings. The van der Waals surface area contributed by atoms with Crippen LogP contribution < -0.4 is 11.1 Å². The first-order valence-corrected chi connectivity index (χ1v) is 10.4. The van der Waals surface area contributed by atoms with Crippen molar-refractivity contribution in [3.63, 3.8) is 0 Å². The molecule has 0 aliphatic heterocycles. The second kappa shape index (κ2) is 11.0. The van der Waals surface area contributed by atoms with Crippen molar-refractivity contribution >= 4 is 5.57 Å². The van der Waals surface area contributed by atoms with Crippen LogP contribution in [0.5, 0.6) is 0 Å². The third-order valence-corrected chi connectivity index (χ3v) is 4.98. The Morgan fingerprint density at radius 2 is 1.89 bits per heavy atom. The molecule has 0 unspecified atom stereocenters. The molecule has 3 nitrogen and oxygen atoms in total. The second-order valence-corrected chi connectivity index (χ2v) is 6.85. The van der Waals surface area contributed by atoms with Crippen molar-refractivity contribution < 1.29 is 0 Å². The topological polar surface area (TPSA) is 50.9 Å². The standard InChI is InChI=1S/C22H29N3.C2H6/c1-3-5-17(11-13-24-15-23)21-20-10-7-16(2)14-19(20)9-8-18-6-4-12-25-22(18)21;1-2/h4,6-7,10,12,14,24H,3,5,8-9,11,13,15,23H2,1-2H3;1-2H3/b21-17+;. The summed E-state index contributed by atoms with van der Waals surface area (Å²) in [6, 6.07) is 11.2. The van der Waals surface area contributed by atoms with Gasteiger partial charge in [-0.15, -0.1) is 0 Å². The van der Waals surface area contributed by atoms with Gasteiger partial charge in [-0.05, 0) is 55.4 Å². The lowest BCUT2D eigenvalue weighted by atomic mass is 9.89. The largest absolute Gasteiger partial charge is 0.318 e. The van der Waals surface area contributed by atoms with Gasteiger partial charge in [0.15, 0.2) is 0 Å². The lowest BCUT2D eigenvalue weighted by Gasteiger charge is -2.18. The molecule has 0 saturated carbocycles. The van der Waals surface area contributed by atoms with Gasteiger partial charge in [0.25, 0.3) is 0 Å². The van der Waals surface area contributed by atoms with Crippen LogP contribution in [0.25, 0.3) is 5.57 Å². The van der Waals surface area contributed by atoms with Gasteiger partial charge < -0.3 is 11.1 Å². The van der Waals surface area contributed by atoms with E-state index in [0.29, 0.717) is 6.67 Å². The highest BCUT2D eigenvalue weighted by atomic mass is 14.9. The van der Waals surface area contributed by atoms with E-state index < -0.39 is 0 Å². The molecule has 3 heteroatoms. The van der Waals surface area contributed by atoms with Crippen LogP contribution in [0.3, 0.4) is 0 Å². The van der Waals surface area contributed by atoms with Crippen LogP contribution in [0.1, 0.15) is 68.0 Å². The molecular formula is C24H35N3. The van der Waals surface area contributed by atoms with Gasteiger partial charge in [-0.2, -0.15) is 0 Å². The number of aromatic nitrogens is 1. The molecule has 0 amide bonds. The lowest BCUT2D eigenvalue weighted by Crippen LogP contribution is -2.23. The molecule has 27 heavy (non-hydrogen) atoms. The molecule has 3 rings (SSSR count). The Balaban J connectivity index is 0.00000126. The predicted octanol–water partition coefficient (Wildman–Crippen LogP) is 5.01. The van der Waals surface area contributed by atoms with Crippen LogP contribution in [-0.2, 0) is 12.8 Å². The molecule has 2 aromatic rings. The number of aryl methyl sites for hydroxylation is 3. The van der Waals surface area contributed by atoms with Gasteiger partial charge >= 0.3 is 0 Å². The zero-order valence-corrected chi connectivity index (χ0v) is 17.4. The number of fused-ring (bicyclic) bond motifs is 2. The number of nitrogens with two attached hydrogens (primary N) is 1. The van der Waals surface area contributed by atoms with E-state index in [9.17, 15) is 0 Å². The van der Waals surface area contributed by atoms with Crippen molar-refractivity contribution in [2.24, 2.45) is 5.73 Å². The molecule has 0 atom stereocenters. The Morgan fingerprint density at radius 1 is 1.11 bits per heavy atom. The smallest absolute Gasteiger partial charge is 0.0739 e. The zero-order chi connectivity index (χ0) is 19.6. The molecule has 1 aromatic heterocycles. The first-order valence-electron chi connectivity index (χ1n) is 10.4. The average molecular weight is 366 g/mol. The molecule has 1 aromatic carbocycles. The molecular weight excluding hydrogens is 330 g/mol. The Bertz CT molecular complexity index is 762. The van der Waals surface area contributed by atoms with Gasteiger partial charge in [0.1, 0.15) is 0 Å². The van der Waals surface area contributed by atoms with E-state index in [1.54, 1.807) is 0 Å². The van der Waals surface area contributed by atoms with Crippen LogP contribution in [0.15, 0.2) is 42.1 Å². The number of pyridine rings is 1. The third-order valence-electron chi connectivity index (χ3n) is 4.98. The minimum absolute atomic E-state index is 0.527. The van der Waals surface area contributed by atoms with E-state index in [4.69, 9.17) is 10.7 Å². The number of benzene rings is 1. The first kappa shape index (κ1) is 21.3. The van der Waals surface area contributed by atoms with Crippen LogP contribution in [-0.4, -0.2) is 18.2 Å². The maximum atomic E-state index is 5.62. The van der Waals surface area contributed by atoms with Crippen molar-refractivity contribution in [1.82, 2.24) is 10.3 Å². The molecule has 0 fully saturated rings. The van der Waals surface area contributed by atoms with Gasteiger partial charge in [0.05, 0.1) is 5.69 Å². The van der Waals surface area contributed by atoms with E-state index in [2.05, 4.69) is 49.5 Å². The van der Waals surface area contributed by atoms with Crippen molar-refractivity contribution in [2.45, 2.75) is 59.8 Å². The molecule has 0 saturated heterocycles. The summed E-state index contributed by atoms with van der Waals surface area (Å²) in [5.41, 5.74) is 15.2. The van der Waals surface area contributed by atoms with Crippen LogP contribution in [0.2, 0.25) is 0 Å². The Kier molecular flexibility index (Phi) is 8.70. The van der Waals surface area contributed by atoms with Crippen LogP contribution in [0, 0.1) is 6.92 Å². The maximum Gasteiger partial charge on any atom is 0.0739 e. The fourth-order valence-corrected chi connectivity index (χ4v) is 3.81. The highest BCUT2D eigenvalue weighted by Crippen LogP contribution is 2.37. The summed E-state index contributed by atoms with van der Waals surface area (Å²) in [5.74, 6) is 0. The van der Waals surface area contributed by atoms with E-state index >= 15 is 0 Å². The summed E-state index contributed by atoms with van der Waals surface area (Å²) >= 11 is 0. The summed E-state index contributed by atoms with van der Waals surface area (Å²) in [6.07, 6.45) is 7.34. The van der Waals surface area contributed by atoms with Crippen LogP contribution in [0.4, 0.5) is 0 Å². The predicted molar refractivity (Wildman–Crippen MR) is 117 cm³/mol. The van der Waals surface area contributed by atoms with Crippen LogP contribution >= 0.6 is 0 Å². The summed E-state index contributed by atoms with van der Waals surface area (Å²) in [7, 11) is 0. The fourth-order valence-electron chi connectivity index (χ4n) is 3.81. The molecule has 0 spiro atoms. The number of hydrogen-bond acceptors (Lipinski definition) is 3. The third kappa shape index (κ3) is 5.27. The summed E-state index contributed by atoms with van der Waals surface area (Å²) in [5, 5.41) is 3.27. The number of nitrogens with zero attached hydrogens (tertiary/aromatic N) is 1. The maximum absolute atomic E-state index is 5.62. The minimum Gasteiger partial charge on any atom is -0.318 e. The number of rotatable bonds is 6. The van der Waals surface area contributed by atoms with Crippen molar-refractivity contribution in [1.29, 1.82) is 0 Å². The monoisotopic (exact) mass is 365 g/mol. The zero-order valence-electron chi connectivity index (χ0n) is 17.4. The molecule has 0 radical (unpaired) electrons. The highest BCUT2D eigenvalue weighted by molar-refractivity contribution is 5.84. The summed E-state index contributed by atoms with van der Waals surface area (Å²) < 4.78 is 0. The Hall–Kier alpha value is -1.97. The summed E-state index contributed by atoms with van der Waals surface area (Å²) in [4.78, 5) is 4.81. The quantitative estimate of drug-likeness (QED) is 0.559. The Labute approximate surface area is 165 Å². The van der Waals surface area contributed by atoms with Gasteiger partial charge in [0.2, 0.25) is 0 Å². The second-order valence-electron chi connectivity index (χ2n) is 6.85. The van der Waals surface area contributed by atoms with Gasteiger partial charge in [-0.25, -0.2) is 0 Å². The van der Waals surface area contributed by atoms with Gasteiger partial charge in [-0.3, -0.25) is 4.98 Å². The van der Waals surface area contributed by atoms with Crippen molar-refractivity contribution in [2.75, 3.05) is 13.2 Å². The normalized spacial score (nSPS) is 14.4. The summed E-state index contributed by atoms with van der Waals surface area (Å²) in [6.45, 7) is 9.87. The van der Waals surface area contributed by atoms with E-state index in [1.165, 1.54) is 39.1 Å². The van der Waals surface area contributed by atoms with Gasteiger partial charge in [-0.1, -0.05) is 62.6 Å². The molecule has 1 aliphatic carbocycles. The average Bonchev–Trinajstić information content (AvgIpc) is 2.86. The molecule has 146 valence electrons. The van der Waals surface area contributed by atoms with Crippen molar-refractivity contribution in [3.05, 3.63) is 70.0 Å². The number of hydrogen-bond donors (Lipinski definition) is 2.